The molecule has 2 N–H and O–H groups in total. The molecule has 1 saturated carbocycles. The molecule has 0 atom stereocenters. The topological polar surface area (TPSA) is 49.6 Å². The second-order valence-electron chi connectivity index (χ2n) is 5.87. The lowest BCUT2D eigenvalue weighted by Crippen LogP contribution is -2.57. The lowest BCUT2D eigenvalue weighted by Gasteiger charge is -2.49. The number of benzene rings is 1. The second-order valence-corrected chi connectivity index (χ2v) is 6.72. The molecule has 1 aromatic rings. The van der Waals surface area contributed by atoms with Crippen LogP contribution in [0.2, 0.25) is 0 Å². The molecule has 4 nitrogen and oxygen atoms in total. The van der Waals surface area contributed by atoms with Gasteiger partial charge in [0.05, 0.1) is 0 Å². The number of carbonyl (C=O) groups excluding carboxylic acids is 1. The van der Waals surface area contributed by atoms with Crippen LogP contribution in [0, 0.1) is 0 Å². The summed E-state index contributed by atoms with van der Waals surface area (Å²) in [6.45, 7) is 0.759. The minimum Gasteiger partial charge on any atom is -0.398 e. The van der Waals surface area contributed by atoms with Crippen molar-refractivity contribution in [2.45, 2.75) is 24.8 Å². The van der Waals surface area contributed by atoms with Crippen LogP contribution in [0.4, 0.5) is 5.69 Å². The van der Waals surface area contributed by atoms with E-state index in [9.17, 15) is 4.79 Å². The Kier molecular flexibility index (Phi) is 4.39. The van der Waals surface area contributed by atoms with Crippen LogP contribution in [0.3, 0.4) is 0 Å². The first kappa shape index (κ1) is 15.3. The van der Waals surface area contributed by atoms with E-state index in [0.717, 1.165) is 23.9 Å². The number of anilines is 1. The highest BCUT2D eigenvalue weighted by atomic mass is 79.9. The second kappa shape index (κ2) is 5.74. The number of halogens is 1. The Morgan fingerprint density at radius 1 is 1.35 bits per heavy atom. The van der Waals surface area contributed by atoms with Gasteiger partial charge in [0.1, 0.15) is 0 Å². The first-order valence-corrected chi connectivity index (χ1v) is 7.63. The van der Waals surface area contributed by atoms with Gasteiger partial charge < -0.3 is 15.5 Å². The third-order valence-corrected chi connectivity index (χ3v) is 5.08. The van der Waals surface area contributed by atoms with Crippen LogP contribution in [0.15, 0.2) is 22.7 Å². The average molecular weight is 340 g/mol. The van der Waals surface area contributed by atoms with Gasteiger partial charge in [-0.15, -0.1) is 0 Å². The van der Waals surface area contributed by atoms with Gasteiger partial charge in [0.15, 0.2) is 0 Å². The molecule has 0 unspecified atom stereocenters. The summed E-state index contributed by atoms with van der Waals surface area (Å²) < 4.78 is 0.820. The van der Waals surface area contributed by atoms with Crippen molar-refractivity contribution in [2.24, 2.45) is 0 Å². The highest BCUT2D eigenvalue weighted by Gasteiger charge is 2.40. The Morgan fingerprint density at radius 3 is 2.45 bits per heavy atom. The van der Waals surface area contributed by atoms with Crippen molar-refractivity contribution in [3.8, 4) is 0 Å². The summed E-state index contributed by atoms with van der Waals surface area (Å²) in [6, 6.07) is 5.36. The Bertz CT molecular complexity index is 512. The Morgan fingerprint density at radius 2 is 2.00 bits per heavy atom. The molecule has 1 aliphatic rings. The Labute approximate surface area is 129 Å². The fourth-order valence-corrected chi connectivity index (χ4v) is 2.99. The summed E-state index contributed by atoms with van der Waals surface area (Å²) in [5, 5.41) is 0. The lowest BCUT2D eigenvalue weighted by atomic mass is 9.75. The molecule has 0 spiro atoms. The minimum atomic E-state index is 0.0253. The average Bonchev–Trinajstić information content (AvgIpc) is 2.35. The fraction of sp³-hybridized carbons (Fsp3) is 0.533. The summed E-state index contributed by atoms with van der Waals surface area (Å²) in [5.74, 6) is 0.0253. The zero-order chi connectivity index (χ0) is 14.9. The van der Waals surface area contributed by atoms with Crippen molar-refractivity contribution in [3.63, 3.8) is 0 Å². The molecule has 0 bridgehead atoms. The van der Waals surface area contributed by atoms with Gasteiger partial charge in [0.25, 0.3) is 5.91 Å². The van der Waals surface area contributed by atoms with Gasteiger partial charge >= 0.3 is 0 Å². The number of nitrogen functional groups attached to an aromatic ring is 1. The first-order chi connectivity index (χ1) is 9.35. The van der Waals surface area contributed by atoms with Crippen LogP contribution in [0.25, 0.3) is 0 Å². The van der Waals surface area contributed by atoms with Gasteiger partial charge in [-0.1, -0.05) is 0 Å². The van der Waals surface area contributed by atoms with Crippen molar-refractivity contribution >= 4 is 27.5 Å². The number of nitrogens with two attached hydrogens (primary N) is 1. The minimum absolute atomic E-state index is 0.0253. The number of rotatable bonds is 4. The van der Waals surface area contributed by atoms with Gasteiger partial charge in [-0.2, -0.15) is 0 Å². The fourth-order valence-electron chi connectivity index (χ4n) is 2.74. The van der Waals surface area contributed by atoms with E-state index in [0.29, 0.717) is 11.3 Å². The number of hydrogen-bond donors (Lipinski definition) is 1. The van der Waals surface area contributed by atoms with Gasteiger partial charge in [0, 0.05) is 34.9 Å². The number of nitrogens with zero attached hydrogens (tertiary/aromatic N) is 2. The van der Waals surface area contributed by atoms with Gasteiger partial charge in [-0.25, -0.2) is 0 Å². The predicted octanol–water partition coefficient (Wildman–Crippen LogP) is 2.59. The van der Waals surface area contributed by atoms with Crippen molar-refractivity contribution in [2.75, 3.05) is 33.4 Å². The normalized spacial score (nSPS) is 16.9. The van der Waals surface area contributed by atoms with Gasteiger partial charge in [-0.05, 0) is 67.5 Å². The molecule has 0 heterocycles. The summed E-state index contributed by atoms with van der Waals surface area (Å²) in [6.07, 6.45) is 3.55. The maximum Gasteiger partial charge on any atom is 0.253 e. The molecule has 5 heteroatoms. The van der Waals surface area contributed by atoms with E-state index in [2.05, 4.69) is 34.9 Å². The molecule has 1 amide bonds. The van der Waals surface area contributed by atoms with E-state index in [1.807, 2.05) is 24.1 Å². The van der Waals surface area contributed by atoms with E-state index < -0.39 is 0 Å². The molecule has 0 aliphatic heterocycles. The third-order valence-electron chi connectivity index (χ3n) is 4.35. The number of amides is 1. The van der Waals surface area contributed by atoms with Crippen LogP contribution in [-0.2, 0) is 0 Å². The summed E-state index contributed by atoms with van der Waals surface area (Å²) in [5.41, 5.74) is 7.22. The van der Waals surface area contributed by atoms with Crippen LogP contribution in [-0.4, -0.2) is 48.9 Å². The van der Waals surface area contributed by atoms with E-state index in [1.165, 1.54) is 6.42 Å². The molecule has 1 aromatic carbocycles. The van der Waals surface area contributed by atoms with Crippen molar-refractivity contribution in [1.29, 1.82) is 0 Å². The molecule has 0 aromatic heterocycles. The molecule has 0 radical (unpaired) electrons. The molecular weight excluding hydrogens is 318 g/mol. The SMILES string of the molecule is CN(CC1(N(C)C)CCC1)C(=O)c1ccc(Br)c(N)c1. The summed E-state index contributed by atoms with van der Waals surface area (Å²) in [7, 11) is 6.05. The largest absolute Gasteiger partial charge is 0.398 e. The molecule has 2 rings (SSSR count). The lowest BCUT2D eigenvalue weighted by molar-refractivity contribution is 0.0252. The third kappa shape index (κ3) is 2.83. The molecular formula is C15H22BrN3O. The zero-order valence-electron chi connectivity index (χ0n) is 12.3. The maximum absolute atomic E-state index is 12.5. The predicted molar refractivity (Wildman–Crippen MR) is 85.8 cm³/mol. The smallest absolute Gasteiger partial charge is 0.253 e. The monoisotopic (exact) mass is 339 g/mol. The number of carbonyl (C=O) groups is 1. The van der Waals surface area contributed by atoms with Crippen LogP contribution >= 0.6 is 15.9 Å². The quantitative estimate of drug-likeness (QED) is 0.857. The number of likely N-dealkylation sites (N-methyl/N-ethyl adjacent to an activating group) is 2. The summed E-state index contributed by atoms with van der Waals surface area (Å²) >= 11 is 3.35. The highest BCUT2D eigenvalue weighted by molar-refractivity contribution is 9.10. The van der Waals surface area contributed by atoms with Crippen LogP contribution in [0.5, 0.6) is 0 Å². The van der Waals surface area contributed by atoms with Crippen LogP contribution in [0.1, 0.15) is 29.6 Å². The zero-order valence-corrected chi connectivity index (χ0v) is 13.9. The molecule has 1 fully saturated rings. The van der Waals surface area contributed by atoms with E-state index in [1.54, 1.807) is 6.07 Å². The van der Waals surface area contributed by atoms with Crippen LogP contribution < -0.4 is 5.73 Å². The molecule has 110 valence electrons. The Hall–Kier alpha value is -1.07. The maximum atomic E-state index is 12.5. The molecule has 1 aliphatic carbocycles. The molecule has 20 heavy (non-hydrogen) atoms. The van der Waals surface area contributed by atoms with Gasteiger partial charge in [0.2, 0.25) is 0 Å². The first-order valence-electron chi connectivity index (χ1n) is 6.84. The Balaban J connectivity index is 2.10. The van der Waals surface area contributed by atoms with E-state index in [4.69, 9.17) is 5.73 Å². The van der Waals surface area contributed by atoms with Crippen molar-refractivity contribution in [3.05, 3.63) is 28.2 Å². The van der Waals surface area contributed by atoms with E-state index in [-0.39, 0.29) is 11.4 Å². The van der Waals surface area contributed by atoms with Gasteiger partial charge in [-0.3, -0.25) is 4.79 Å². The van der Waals surface area contributed by atoms with Crippen molar-refractivity contribution in [1.82, 2.24) is 9.80 Å². The van der Waals surface area contributed by atoms with Crippen molar-refractivity contribution < 1.29 is 4.79 Å². The summed E-state index contributed by atoms with van der Waals surface area (Å²) in [4.78, 5) is 16.5. The number of hydrogen-bond acceptors (Lipinski definition) is 3. The highest BCUT2D eigenvalue weighted by Crippen LogP contribution is 2.36. The molecule has 0 saturated heterocycles. The van der Waals surface area contributed by atoms with E-state index >= 15 is 0 Å². The standard InChI is InChI=1S/C15H22BrN3O/c1-18(2)15(7-4-8-15)10-19(3)14(20)11-5-6-12(16)13(17)9-11/h5-6,9H,4,7-8,10,17H2,1-3H3.